The summed E-state index contributed by atoms with van der Waals surface area (Å²) in [6.45, 7) is 12.0. The molecule has 2 saturated carbocycles. The highest BCUT2D eigenvalue weighted by Gasteiger charge is 2.84. The van der Waals surface area contributed by atoms with Crippen molar-refractivity contribution in [1.29, 1.82) is 0 Å². The molecule has 4 aliphatic rings. The number of rotatable bonds is 3. The van der Waals surface area contributed by atoms with Crippen LogP contribution in [0.1, 0.15) is 41.5 Å². The number of fused-ring (bicyclic) bond motifs is 2. The second-order valence-corrected chi connectivity index (χ2v) is 11.3. The highest BCUT2D eigenvalue weighted by Crippen LogP contribution is 2.75. The lowest BCUT2D eigenvalue weighted by molar-refractivity contribution is -0.214. The maximum Gasteiger partial charge on any atom is 0.312 e. The summed E-state index contributed by atoms with van der Waals surface area (Å²) >= 11 is 6.74. The number of aliphatic hydroxyl groups is 1. The molecule has 0 aromatic heterocycles. The minimum Gasteiger partial charge on any atom is -0.459 e. The molecule has 1 N–H and O–H groups in total. The summed E-state index contributed by atoms with van der Waals surface area (Å²) in [5.41, 5.74) is -4.90. The lowest BCUT2D eigenvalue weighted by atomic mass is 9.66. The van der Waals surface area contributed by atoms with E-state index in [9.17, 15) is 29.1 Å². The van der Waals surface area contributed by atoms with Gasteiger partial charge >= 0.3 is 23.9 Å². The first-order valence-electron chi connectivity index (χ1n) is 12.0. The van der Waals surface area contributed by atoms with Gasteiger partial charge < -0.3 is 24.1 Å². The number of hydrogen-bond acceptors (Lipinski definition) is 10. The van der Waals surface area contributed by atoms with E-state index in [0.717, 1.165) is 13.8 Å². The average Bonchev–Trinajstić information content (AvgIpc) is 3.23. The first kappa shape index (κ1) is 27.3. The number of Topliss-reactive ketones (excluding diaryl/α,β-unsaturated/α-hetero) is 1. The quantitative estimate of drug-likeness (QED) is 0.244. The van der Waals surface area contributed by atoms with Crippen molar-refractivity contribution in [2.45, 2.75) is 76.4 Å². The molecule has 3 fully saturated rings. The standard InChI is InChI=1S/C26H31ClO10/c1-10-16(34-12(3)28)9-8-15-17-20(31)25(7,37-14(5)30)19(24(15,17)6)22(35-13(4)29)26(33)11(2)23(32)36-21(26)18(10)27/h8-9,11,15-19,21-22,33H,1H2,2-7H3/t11-,15?,16-,17?,18-,19+,21-,22?,24-,25-,26-/m0/s1. The largest absolute Gasteiger partial charge is 0.459 e. The highest BCUT2D eigenvalue weighted by molar-refractivity contribution is 6.23. The number of hydrogen-bond donors (Lipinski definition) is 1. The summed E-state index contributed by atoms with van der Waals surface area (Å²) in [5.74, 6) is -6.82. The van der Waals surface area contributed by atoms with Gasteiger partial charge in [0.25, 0.3) is 0 Å². The third-order valence-corrected chi connectivity index (χ3v) is 9.11. The van der Waals surface area contributed by atoms with Crippen molar-refractivity contribution in [2.75, 3.05) is 0 Å². The van der Waals surface area contributed by atoms with Crippen LogP contribution in [0.3, 0.4) is 0 Å². The lowest BCUT2D eigenvalue weighted by Gasteiger charge is -2.47. The van der Waals surface area contributed by atoms with Crippen molar-refractivity contribution in [3.05, 3.63) is 24.3 Å². The molecule has 3 aliphatic carbocycles. The second kappa shape index (κ2) is 8.66. The number of allylic oxidation sites excluding steroid dienone is 1. The van der Waals surface area contributed by atoms with Gasteiger partial charge in [0, 0.05) is 26.7 Å². The minimum absolute atomic E-state index is 0.116. The van der Waals surface area contributed by atoms with Gasteiger partial charge in [-0.2, -0.15) is 0 Å². The van der Waals surface area contributed by atoms with E-state index in [2.05, 4.69) is 6.58 Å². The van der Waals surface area contributed by atoms with E-state index < -0.39 is 93.6 Å². The molecule has 0 bridgehead atoms. The molecule has 0 spiro atoms. The lowest BCUT2D eigenvalue weighted by Crippen LogP contribution is -2.65. The Labute approximate surface area is 219 Å². The van der Waals surface area contributed by atoms with Crippen LogP contribution >= 0.6 is 11.6 Å². The van der Waals surface area contributed by atoms with E-state index >= 15 is 0 Å². The number of ketones is 1. The van der Waals surface area contributed by atoms with Gasteiger partial charge in [-0.3, -0.25) is 24.0 Å². The second-order valence-electron chi connectivity index (χ2n) is 10.8. The first-order chi connectivity index (χ1) is 17.0. The van der Waals surface area contributed by atoms with Crippen molar-refractivity contribution in [1.82, 2.24) is 0 Å². The SMILES string of the molecule is C=C1[C@@H](OC(C)=O)C=CC2C3C(=O)[C@@](C)(OC(C)=O)[C@H](C(OC(C)=O)[C@]4(O)[C@@H](C)C(=O)O[C@H]4[C@H]1Cl)[C@@]23C. The molecule has 0 radical (unpaired) electrons. The van der Waals surface area contributed by atoms with E-state index in [-0.39, 0.29) is 5.57 Å². The molecule has 0 aromatic rings. The Morgan fingerprint density at radius 2 is 1.65 bits per heavy atom. The van der Waals surface area contributed by atoms with Crippen molar-refractivity contribution >= 4 is 41.3 Å². The minimum atomic E-state index is -2.26. The van der Waals surface area contributed by atoms with E-state index in [1.807, 2.05) is 0 Å². The smallest absolute Gasteiger partial charge is 0.312 e. The fourth-order valence-corrected chi connectivity index (χ4v) is 7.25. The Morgan fingerprint density at radius 3 is 2.19 bits per heavy atom. The third-order valence-electron chi connectivity index (χ3n) is 8.60. The molecular formula is C26H31ClO10. The Balaban J connectivity index is 2.00. The molecule has 0 amide bonds. The van der Waals surface area contributed by atoms with E-state index in [4.69, 9.17) is 30.5 Å². The summed E-state index contributed by atoms with van der Waals surface area (Å²) in [5, 5.41) is 11.0. The maximum atomic E-state index is 13.8. The van der Waals surface area contributed by atoms with Crippen LogP contribution in [0.2, 0.25) is 0 Å². The van der Waals surface area contributed by atoms with Crippen LogP contribution < -0.4 is 0 Å². The van der Waals surface area contributed by atoms with Gasteiger partial charge in [-0.15, -0.1) is 11.6 Å². The van der Waals surface area contributed by atoms with Crippen LogP contribution in [-0.4, -0.2) is 69.7 Å². The normalized spacial score (nSPS) is 46.2. The number of esters is 4. The van der Waals surface area contributed by atoms with E-state index in [1.54, 1.807) is 19.1 Å². The fourth-order valence-electron chi connectivity index (χ4n) is 6.87. The number of carbonyl (C=O) groups is 5. The van der Waals surface area contributed by atoms with Crippen molar-refractivity contribution in [3.63, 3.8) is 0 Å². The van der Waals surface area contributed by atoms with Gasteiger partial charge in [-0.05, 0) is 36.8 Å². The topological polar surface area (TPSA) is 143 Å². The van der Waals surface area contributed by atoms with Crippen LogP contribution in [0.25, 0.3) is 0 Å². The Kier molecular flexibility index (Phi) is 6.39. The predicted octanol–water partition coefficient (Wildman–Crippen LogP) is 1.65. The zero-order chi connectivity index (χ0) is 27.8. The van der Waals surface area contributed by atoms with Gasteiger partial charge in [0.15, 0.2) is 23.1 Å². The molecule has 37 heavy (non-hydrogen) atoms. The molecule has 11 heteroatoms. The summed E-state index contributed by atoms with van der Waals surface area (Å²) in [4.78, 5) is 63.0. The van der Waals surface area contributed by atoms with Crippen LogP contribution in [0.5, 0.6) is 0 Å². The summed E-state index contributed by atoms with van der Waals surface area (Å²) in [6.07, 6.45) is -0.849. The molecule has 11 atom stereocenters. The van der Waals surface area contributed by atoms with Crippen molar-refractivity contribution in [2.24, 2.45) is 29.1 Å². The molecule has 1 heterocycles. The van der Waals surface area contributed by atoms with Crippen molar-refractivity contribution in [3.8, 4) is 0 Å². The monoisotopic (exact) mass is 538 g/mol. The Morgan fingerprint density at radius 1 is 1.05 bits per heavy atom. The zero-order valence-electron chi connectivity index (χ0n) is 21.5. The molecule has 0 aromatic carbocycles. The van der Waals surface area contributed by atoms with E-state index in [1.165, 1.54) is 20.8 Å². The van der Waals surface area contributed by atoms with Gasteiger partial charge in [0.05, 0.1) is 17.2 Å². The fraction of sp³-hybridized carbons (Fsp3) is 0.654. The van der Waals surface area contributed by atoms with Gasteiger partial charge in [-0.1, -0.05) is 19.6 Å². The van der Waals surface area contributed by atoms with E-state index in [0.29, 0.717) is 0 Å². The summed E-state index contributed by atoms with van der Waals surface area (Å²) in [7, 11) is 0. The number of halogens is 1. The molecule has 4 rings (SSSR count). The zero-order valence-corrected chi connectivity index (χ0v) is 22.2. The maximum absolute atomic E-state index is 13.8. The molecule has 1 aliphatic heterocycles. The third kappa shape index (κ3) is 3.74. The molecule has 10 nitrogen and oxygen atoms in total. The molecule has 202 valence electrons. The Bertz CT molecular complexity index is 1130. The molecular weight excluding hydrogens is 508 g/mol. The number of ether oxygens (including phenoxy) is 4. The predicted molar refractivity (Wildman–Crippen MR) is 127 cm³/mol. The van der Waals surface area contributed by atoms with Crippen LogP contribution in [0.4, 0.5) is 0 Å². The Hall–Kier alpha value is -2.72. The molecule has 3 unspecified atom stereocenters. The van der Waals surface area contributed by atoms with Gasteiger partial charge in [-0.25, -0.2) is 0 Å². The summed E-state index contributed by atoms with van der Waals surface area (Å²) < 4.78 is 22.3. The van der Waals surface area contributed by atoms with Crippen LogP contribution in [0.15, 0.2) is 24.3 Å². The van der Waals surface area contributed by atoms with Crippen molar-refractivity contribution < 1.29 is 48.0 Å². The van der Waals surface area contributed by atoms with Gasteiger partial charge in [0.1, 0.15) is 12.2 Å². The summed E-state index contributed by atoms with van der Waals surface area (Å²) in [6, 6.07) is 0. The first-order valence-corrected chi connectivity index (χ1v) is 12.5. The number of alkyl halides is 1. The molecule has 1 saturated heterocycles. The van der Waals surface area contributed by atoms with Crippen LogP contribution in [-0.2, 0) is 42.9 Å². The average molecular weight is 539 g/mol. The number of carbonyl (C=O) groups excluding carboxylic acids is 5. The van der Waals surface area contributed by atoms with Gasteiger partial charge in [0.2, 0.25) is 0 Å². The van der Waals surface area contributed by atoms with Crippen LogP contribution in [0, 0.1) is 29.1 Å². The highest BCUT2D eigenvalue weighted by atomic mass is 35.5.